The van der Waals surface area contributed by atoms with Gasteiger partial charge in [0.05, 0.1) is 0 Å². The molecule has 0 spiro atoms. The number of hydrogen-bond acceptors (Lipinski definition) is 3. The Labute approximate surface area is 81.9 Å². The lowest BCUT2D eigenvalue weighted by Crippen LogP contribution is -2.12. The molecule has 1 aliphatic carbocycles. The molecule has 1 aliphatic rings. The van der Waals surface area contributed by atoms with Crippen molar-refractivity contribution < 1.29 is 9.59 Å². The fourth-order valence-electron chi connectivity index (χ4n) is 1.79. The summed E-state index contributed by atoms with van der Waals surface area (Å²) in [6.45, 7) is 0. The smallest absolute Gasteiger partial charge is 0.186 e. The van der Waals surface area contributed by atoms with Crippen molar-refractivity contribution in [2.24, 2.45) is 13.0 Å². The van der Waals surface area contributed by atoms with E-state index in [-0.39, 0.29) is 17.5 Å². The first-order chi connectivity index (χ1) is 6.66. The van der Waals surface area contributed by atoms with Gasteiger partial charge >= 0.3 is 0 Å². The molecule has 14 heavy (non-hydrogen) atoms. The van der Waals surface area contributed by atoms with E-state index in [1.165, 1.54) is 0 Å². The van der Waals surface area contributed by atoms with Crippen LogP contribution in [0.25, 0.3) is 0 Å². The summed E-state index contributed by atoms with van der Waals surface area (Å²) < 4.78 is 1.60. The first kappa shape index (κ1) is 9.12. The number of rotatable bonds is 2. The molecule has 4 nitrogen and oxygen atoms in total. The highest BCUT2D eigenvalue weighted by molar-refractivity contribution is 6.00. The van der Waals surface area contributed by atoms with Crippen molar-refractivity contribution in [2.75, 3.05) is 0 Å². The SMILES string of the molecule is Cn1ccc(C(=O)C2CCC(=O)C2)n1. The minimum absolute atomic E-state index is 0.0106. The van der Waals surface area contributed by atoms with Crippen molar-refractivity contribution in [1.82, 2.24) is 9.78 Å². The van der Waals surface area contributed by atoms with Gasteiger partial charge in [-0.1, -0.05) is 0 Å². The van der Waals surface area contributed by atoms with E-state index in [2.05, 4.69) is 5.10 Å². The zero-order chi connectivity index (χ0) is 10.1. The second-order valence-electron chi connectivity index (χ2n) is 3.72. The number of ketones is 2. The van der Waals surface area contributed by atoms with Gasteiger partial charge in [0.25, 0.3) is 0 Å². The summed E-state index contributed by atoms with van der Waals surface area (Å²) in [5.41, 5.74) is 0.479. The Balaban J connectivity index is 2.12. The van der Waals surface area contributed by atoms with Crippen molar-refractivity contribution in [3.63, 3.8) is 0 Å². The van der Waals surface area contributed by atoms with Crippen molar-refractivity contribution in [3.05, 3.63) is 18.0 Å². The Hall–Kier alpha value is -1.45. The molecule has 4 heteroatoms. The topological polar surface area (TPSA) is 52.0 Å². The van der Waals surface area contributed by atoms with Gasteiger partial charge < -0.3 is 0 Å². The van der Waals surface area contributed by atoms with Crippen LogP contribution in [0.2, 0.25) is 0 Å². The quantitative estimate of drug-likeness (QED) is 0.656. The van der Waals surface area contributed by atoms with Gasteiger partial charge in [-0.05, 0) is 12.5 Å². The number of aryl methyl sites for hydroxylation is 1. The van der Waals surface area contributed by atoms with Gasteiger partial charge in [-0.3, -0.25) is 14.3 Å². The first-order valence-electron chi connectivity index (χ1n) is 4.72. The van der Waals surface area contributed by atoms with Crippen LogP contribution in [0.3, 0.4) is 0 Å². The number of Topliss-reactive ketones (excluding diaryl/α,β-unsaturated/α-hetero) is 2. The van der Waals surface area contributed by atoms with Gasteiger partial charge in [0.15, 0.2) is 5.78 Å². The third-order valence-electron chi connectivity index (χ3n) is 2.58. The Bertz CT molecular complexity index is 381. The molecular weight excluding hydrogens is 180 g/mol. The second-order valence-corrected chi connectivity index (χ2v) is 3.72. The molecule has 1 heterocycles. The molecule has 1 atom stereocenters. The lowest BCUT2D eigenvalue weighted by molar-refractivity contribution is -0.117. The van der Waals surface area contributed by atoms with Crippen LogP contribution in [0.1, 0.15) is 29.8 Å². The summed E-state index contributed by atoms with van der Waals surface area (Å²) in [6, 6.07) is 1.70. The zero-order valence-corrected chi connectivity index (χ0v) is 8.06. The molecule has 1 saturated carbocycles. The average Bonchev–Trinajstić information content (AvgIpc) is 2.73. The van der Waals surface area contributed by atoms with Crippen molar-refractivity contribution >= 4 is 11.6 Å². The Kier molecular flexibility index (Phi) is 2.19. The van der Waals surface area contributed by atoms with E-state index in [1.807, 2.05) is 0 Å². The Morgan fingerprint density at radius 1 is 1.64 bits per heavy atom. The molecule has 1 aromatic rings. The van der Waals surface area contributed by atoms with Crippen molar-refractivity contribution in [2.45, 2.75) is 19.3 Å². The maximum atomic E-state index is 11.8. The molecule has 0 N–H and O–H groups in total. The molecule has 1 aromatic heterocycles. The summed E-state index contributed by atoms with van der Waals surface area (Å²) in [7, 11) is 1.77. The van der Waals surface area contributed by atoms with Crippen LogP contribution in [0.5, 0.6) is 0 Å². The minimum Gasteiger partial charge on any atom is -0.300 e. The summed E-state index contributed by atoms with van der Waals surface area (Å²) in [4.78, 5) is 22.8. The number of nitrogens with zero attached hydrogens (tertiary/aromatic N) is 2. The molecule has 1 fully saturated rings. The third kappa shape index (κ3) is 1.60. The van der Waals surface area contributed by atoms with Crippen LogP contribution in [0.15, 0.2) is 12.3 Å². The molecule has 0 aromatic carbocycles. The average molecular weight is 192 g/mol. The van der Waals surface area contributed by atoms with Crippen LogP contribution in [0, 0.1) is 5.92 Å². The van der Waals surface area contributed by atoms with E-state index in [0.717, 1.165) is 0 Å². The van der Waals surface area contributed by atoms with E-state index in [1.54, 1.807) is 24.0 Å². The maximum Gasteiger partial charge on any atom is 0.186 e. The van der Waals surface area contributed by atoms with Gasteiger partial charge in [0, 0.05) is 32.0 Å². The first-order valence-corrected chi connectivity index (χ1v) is 4.72. The van der Waals surface area contributed by atoms with Gasteiger partial charge in [0.1, 0.15) is 11.5 Å². The van der Waals surface area contributed by atoms with E-state index in [0.29, 0.717) is 25.0 Å². The van der Waals surface area contributed by atoms with Gasteiger partial charge in [-0.15, -0.1) is 0 Å². The summed E-state index contributed by atoms with van der Waals surface area (Å²) >= 11 is 0. The highest BCUT2D eigenvalue weighted by Gasteiger charge is 2.29. The van der Waals surface area contributed by atoms with Gasteiger partial charge in [-0.2, -0.15) is 5.10 Å². The number of carbonyl (C=O) groups is 2. The van der Waals surface area contributed by atoms with Crippen molar-refractivity contribution in [3.8, 4) is 0 Å². The van der Waals surface area contributed by atoms with E-state index in [4.69, 9.17) is 0 Å². The van der Waals surface area contributed by atoms with E-state index >= 15 is 0 Å². The molecular formula is C10H12N2O2. The van der Waals surface area contributed by atoms with Crippen molar-refractivity contribution in [1.29, 1.82) is 0 Å². The Morgan fingerprint density at radius 3 is 2.93 bits per heavy atom. The summed E-state index contributed by atoms with van der Waals surface area (Å²) in [5, 5.41) is 4.04. The van der Waals surface area contributed by atoms with Crippen LogP contribution in [-0.4, -0.2) is 21.3 Å². The number of hydrogen-bond donors (Lipinski definition) is 0. The van der Waals surface area contributed by atoms with Gasteiger partial charge in [0.2, 0.25) is 0 Å². The molecule has 0 saturated heterocycles. The number of carbonyl (C=O) groups excluding carboxylic acids is 2. The standard InChI is InChI=1S/C10H12N2O2/c1-12-5-4-9(11-12)10(14)7-2-3-8(13)6-7/h4-5,7H,2-3,6H2,1H3. The zero-order valence-electron chi connectivity index (χ0n) is 8.06. The van der Waals surface area contributed by atoms with Crippen LogP contribution in [-0.2, 0) is 11.8 Å². The molecule has 0 amide bonds. The predicted molar refractivity (Wildman–Crippen MR) is 49.9 cm³/mol. The molecule has 74 valence electrons. The summed E-state index contributed by atoms with van der Waals surface area (Å²) in [6.07, 6.45) is 3.37. The predicted octanol–water partition coefficient (Wildman–Crippen LogP) is 0.972. The van der Waals surface area contributed by atoms with E-state index in [9.17, 15) is 9.59 Å². The van der Waals surface area contributed by atoms with Crippen LogP contribution >= 0.6 is 0 Å². The highest BCUT2D eigenvalue weighted by atomic mass is 16.1. The van der Waals surface area contributed by atoms with Gasteiger partial charge in [-0.25, -0.2) is 0 Å². The Morgan fingerprint density at radius 2 is 2.43 bits per heavy atom. The fraction of sp³-hybridized carbons (Fsp3) is 0.500. The molecule has 1 unspecified atom stereocenters. The van der Waals surface area contributed by atoms with E-state index < -0.39 is 0 Å². The molecule has 0 bridgehead atoms. The highest BCUT2D eigenvalue weighted by Crippen LogP contribution is 2.24. The maximum absolute atomic E-state index is 11.8. The second kappa shape index (κ2) is 3.36. The lowest BCUT2D eigenvalue weighted by Gasteiger charge is -2.02. The molecule has 0 radical (unpaired) electrons. The normalized spacial score (nSPS) is 21.5. The number of aromatic nitrogens is 2. The largest absolute Gasteiger partial charge is 0.300 e. The monoisotopic (exact) mass is 192 g/mol. The molecule has 2 rings (SSSR count). The fourth-order valence-corrected chi connectivity index (χ4v) is 1.79. The lowest BCUT2D eigenvalue weighted by atomic mass is 10.0. The minimum atomic E-state index is -0.127. The van der Waals surface area contributed by atoms with Crippen LogP contribution < -0.4 is 0 Å². The molecule has 0 aliphatic heterocycles. The van der Waals surface area contributed by atoms with Crippen LogP contribution in [0.4, 0.5) is 0 Å². The summed E-state index contributed by atoms with van der Waals surface area (Å²) in [5.74, 6) is 0.0770. The third-order valence-corrected chi connectivity index (χ3v) is 2.58.